The van der Waals surface area contributed by atoms with Gasteiger partial charge in [-0.25, -0.2) is 0 Å². The van der Waals surface area contributed by atoms with E-state index in [1.54, 1.807) is 0 Å². The largest absolute Gasteiger partial charge is 0.326 e. The van der Waals surface area contributed by atoms with E-state index >= 15 is 0 Å². The second-order valence-electron chi connectivity index (χ2n) is 5.80. The van der Waals surface area contributed by atoms with Gasteiger partial charge >= 0.3 is 0 Å². The van der Waals surface area contributed by atoms with Gasteiger partial charge in [0.25, 0.3) is 0 Å². The molecule has 0 aromatic heterocycles. The van der Waals surface area contributed by atoms with Gasteiger partial charge < -0.3 is 5.73 Å². The highest BCUT2D eigenvalue weighted by Gasteiger charge is 2.24. The Kier molecular flexibility index (Phi) is 4.79. The third-order valence-electron chi connectivity index (χ3n) is 4.13. The molecule has 2 rings (SSSR count). The van der Waals surface area contributed by atoms with Crippen LogP contribution in [0.5, 0.6) is 0 Å². The minimum absolute atomic E-state index is 0.166. The van der Waals surface area contributed by atoms with Gasteiger partial charge in [-0.15, -0.1) is 0 Å². The zero-order valence-corrected chi connectivity index (χ0v) is 11.7. The molecule has 2 unspecified atom stereocenters. The summed E-state index contributed by atoms with van der Waals surface area (Å²) in [7, 11) is 2.22. The van der Waals surface area contributed by atoms with Crippen LogP contribution in [0.2, 0.25) is 0 Å². The molecule has 18 heavy (non-hydrogen) atoms. The number of nitrogens with zero attached hydrogens (tertiary/aromatic N) is 1. The quantitative estimate of drug-likeness (QED) is 0.864. The predicted molar refractivity (Wildman–Crippen MR) is 77.4 cm³/mol. The maximum atomic E-state index is 6.20. The van der Waals surface area contributed by atoms with Crippen LogP contribution in [-0.2, 0) is 0 Å². The first-order valence-corrected chi connectivity index (χ1v) is 7.19. The van der Waals surface area contributed by atoms with Gasteiger partial charge in [-0.3, -0.25) is 4.90 Å². The molecule has 1 aliphatic carbocycles. The van der Waals surface area contributed by atoms with Gasteiger partial charge in [-0.2, -0.15) is 0 Å². The van der Waals surface area contributed by atoms with E-state index in [2.05, 4.69) is 49.2 Å². The molecule has 2 atom stereocenters. The number of benzene rings is 1. The van der Waals surface area contributed by atoms with Crippen LogP contribution in [0.15, 0.2) is 30.3 Å². The van der Waals surface area contributed by atoms with E-state index in [9.17, 15) is 0 Å². The molecule has 2 nitrogen and oxygen atoms in total. The summed E-state index contributed by atoms with van der Waals surface area (Å²) in [4.78, 5) is 2.45. The van der Waals surface area contributed by atoms with E-state index in [0.717, 1.165) is 5.92 Å². The molecule has 2 N–H and O–H groups in total. The lowest BCUT2D eigenvalue weighted by atomic mass is 9.98. The lowest BCUT2D eigenvalue weighted by molar-refractivity contribution is 0.188. The van der Waals surface area contributed by atoms with E-state index in [1.165, 1.54) is 37.8 Å². The Morgan fingerprint density at radius 3 is 2.39 bits per heavy atom. The minimum atomic E-state index is 0.166. The van der Waals surface area contributed by atoms with Crippen molar-refractivity contribution < 1.29 is 0 Å². The molecular formula is C16H26N2. The second-order valence-corrected chi connectivity index (χ2v) is 5.80. The van der Waals surface area contributed by atoms with Crippen molar-refractivity contribution in [2.24, 2.45) is 11.7 Å². The maximum absolute atomic E-state index is 6.20. The third kappa shape index (κ3) is 3.33. The summed E-state index contributed by atoms with van der Waals surface area (Å²) >= 11 is 0. The molecule has 0 heterocycles. The van der Waals surface area contributed by atoms with Crippen LogP contribution in [-0.4, -0.2) is 24.5 Å². The van der Waals surface area contributed by atoms with Crippen molar-refractivity contribution in [3.8, 4) is 0 Å². The van der Waals surface area contributed by atoms with Crippen LogP contribution in [0, 0.1) is 5.92 Å². The Labute approximate surface area is 111 Å². The number of rotatable bonds is 5. The number of nitrogens with two attached hydrogens (primary N) is 1. The number of hydrogen-bond acceptors (Lipinski definition) is 2. The Balaban J connectivity index is 2.05. The van der Waals surface area contributed by atoms with Crippen LogP contribution < -0.4 is 5.73 Å². The van der Waals surface area contributed by atoms with E-state index in [4.69, 9.17) is 5.73 Å². The summed E-state index contributed by atoms with van der Waals surface area (Å²) in [6, 6.07) is 11.2. The molecule has 1 aliphatic rings. The summed E-state index contributed by atoms with van der Waals surface area (Å²) in [5.74, 6) is 0.875. The first-order chi connectivity index (χ1) is 8.68. The van der Waals surface area contributed by atoms with Crippen molar-refractivity contribution >= 4 is 0 Å². The van der Waals surface area contributed by atoms with Gasteiger partial charge in [0.1, 0.15) is 0 Å². The zero-order chi connectivity index (χ0) is 13.0. The standard InChI is InChI=1S/C16H26N2/c1-13(17)16(15-10-4-3-5-11-15)18(2)12-14-8-6-7-9-14/h3-5,10-11,13-14,16H,6-9,12,17H2,1-2H3. The maximum Gasteiger partial charge on any atom is 0.0493 e. The molecule has 0 saturated heterocycles. The zero-order valence-electron chi connectivity index (χ0n) is 11.7. The molecule has 0 radical (unpaired) electrons. The Morgan fingerprint density at radius 2 is 1.83 bits per heavy atom. The molecule has 0 bridgehead atoms. The van der Waals surface area contributed by atoms with Gasteiger partial charge in [0, 0.05) is 18.6 Å². The molecule has 1 aromatic rings. The molecule has 0 aliphatic heterocycles. The fourth-order valence-electron chi connectivity index (χ4n) is 3.32. The third-order valence-corrected chi connectivity index (χ3v) is 4.13. The van der Waals surface area contributed by atoms with Crippen LogP contribution in [0.3, 0.4) is 0 Å². The number of likely N-dealkylation sites (N-methyl/N-ethyl adjacent to an activating group) is 1. The average molecular weight is 246 g/mol. The van der Waals surface area contributed by atoms with Crippen molar-refractivity contribution in [2.75, 3.05) is 13.6 Å². The SMILES string of the molecule is CC(N)C(c1ccccc1)N(C)CC1CCCC1. The van der Waals surface area contributed by atoms with Gasteiger partial charge in [0.05, 0.1) is 0 Å². The predicted octanol–water partition coefficient (Wildman–Crippen LogP) is 3.20. The Morgan fingerprint density at radius 1 is 1.22 bits per heavy atom. The highest BCUT2D eigenvalue weighted by atomic mass is 15.1. The lowest BCUT2D eigenvalue weighted by Gasteiger charge is -2.33. The Bertz CT molecular complexity index is 341. The van der Waals surface area contributed by atoms with Crippen molar-refractivity contribution in [3.05, 3.63) is 35.9 Å². The van der Waals surface area contributed by atoms with Crippen molar-refractivity contribution in [1.29, 1.82) is 0 Å². The van der Waals surface area contributed by atoms with Gasteiger partial charge in [0.2, 0.25) is 0 Å². The summed E-state index contributed by atoms with van der Waals surface area (Å²) < 4.78 is 0. The fraction of sp³-hybridized carbons (Fsp3) is 0.625. The molecule has 0 spiro atoms. The average Bonchev–Trinajstić information content (AvgIpc) is 2.83. The number of hydrogen-bond donors (Lipinski definition) is 1. The summed E-state index contributed by atoms with van der Waals surface area (Å²) in [6.07, 6.45) is 5.61. The lowest BCUT2D eigenvalue weighted by Crippen LogP contribution is -2.39. The summed E-state index contributed by atoms with van der Waals surface area (Å²) in [5, 5.41) is 0. The first-order valence-electron chi connectivity index (χ1n) is 7.19. The van der Waals surface area contributed by atoms with Crippen molar-refractivity contribution in [3.63, 3.8) is 0 Å². The normalized spacial score (nSPS) is 20.2. The minimum Gasteiger partial charge on any atom is -0.326 e. The van der Waals surface area contributed by atoms with E-state index in [1.807, 2.05) is 0 Å². The highest BCUT2D eigenvalue weighted by molar-refractivity contribution is 5.20. The van der Waals surface area contributed by atoms with Gasteiger partial charge in [0.15, 0.2) is 0 Å². The van der Waals surface area contributed by atoms with Crippen LogP contribution in [0.1, 0.15) is 44.2 Å². The molecular weight excluding hydrogens is 220 g/mol. The highest BCUT2D eigenvalue weighted by Crippen LogP contribution is 2.29. The molecule has 1 aromatic carbocycles. The molecule has 2 heteroatoms. The monoisotopic (exact) mass is 246 g/mol. The molecule has 1 fully saturated rings. The smallest absolute Gasteiger partial charge is 0.0493 e. The van der Waals surface area contributed by atoms with Crippen molar-refractivity contribution in [2.45, 2.75) is 44.7 Å². The van der Waals surface area contributed by atoms with E-state index in [-0.39, 0.29) is 6.04 Å². The molecule has 0 amide bonds. The summed E-state index contributed by atoms with van der Waals surface area (Å²) in [5.41, 5.74) is 7.54. The topological polar surface area (TPSA) is 29.3 Å². The fourth-order valence-corrected chi connectivity index (χ4v) is 3.32. The molecule has 1 saturated carbocycles. The van der Waals surface area contributed by atoms with Crippen molar-refractivity contribution in [1.82, 2.24) is 4.90 Å². The van der Waals surface area contributed by atoms with Crippen LogP contribution in [0.25, 0.3) is 0 Å². The summed E-state index contributed by atoms with van der Waals surface area (Å²) in [6.45, 7) is 3.30. The molecule has 100 valence electrons. The van der Waals surface area contributed by atoms with Gasteiger partial charge in [-0.05, 0) is 38.3 Å². The van der Waals surface area contributed by atoms with Crippen LogP contribution >= 0.6 is 0 Å². The van der Waals surface area contributed by atoms with Crippen LogP contribution in [0.4, 0.5) is 0 Å². The first kappa shape index (κ1) is 13.6. The van der Waals surface area contributed by atoms with E-state index in [0.29, 0.717) is 6.04 Å². The Hall–Kier alpha value is -0.860. The van der Waals surface area contributed by atoms with E-state index < -0.39 is 0 Å². The second kappa shape index (κ2) is 6.35. The van der Waals surface area contributed by atoms with Gasteiger partial charge in [-0.1, -0.05) is 43.2 Å².